The molecule has 3 heterocycles. The Labute approximate surface area is 176 Å². The third kappa shape index (κ3) is 4.47. The fraction of sp³-hybridized carbons (Fsp3) is 0.545. The van der Waals surface area contributed by atoms with E-state index in [1.54, 1.807) is 17.9 Å². The van der Waals surface area contributed by atoms with Crippen molar-refractivity contribution in [1.82, 2.24) is 24.6 Å². The molecule has 1 atom stereocenters. The maximum atomic E-state index is 12.9. The fourth-order valence-corrected chi connectivity index (χ4v) is 4.45. The van der Waals surface area contributed by atoms with Crippen LogP contribution >= 0.6 is 0 Å². The smallest absolute Gasteiger partial charge is 0.222 e. The molecule has 30 heavy (non-hydrogen) atoms. The highest BCUT2D eigenvalue weighted by atomic mass is 16.5. The van der Waals surface area contributed by atoms with Gasteiger partial charge in [0.05, 0.1) is 13.1 Å². The molecule has 0 N–H and O–H groups in total. The van der Waals surface area contributed by atoms with Gasteiger partial charge in [0, 0.05) is 38.5 Å². The molecule has 2 amide bonds. The van der Waals surface area contributed by atoms with Gasteiger partial charge in [0.25, 0.3) is 0 Å². The minimum absolute atomic E-state index is 0.0311. The maximum Gasteiger partial charge on any atom is 0.222 e. The van der Waals surface area contributed by atoms with Crippen molar-refractivity contribution in [1.29, 1.82) is 0 Å². The molecular weight excluding hydrogens is 382 g/mol. The zero-order valence-corrected chi connectivity index (χ0v) is 17.7. The zero-order chi connectivity index (χ0) is 21.1. The molecule has 0 saturated carbocycles. The van der Waals surface area contributed by atoms with Gasteiger partial charge in [-0.05, 0) is 32.3 Å². The first kappa shape index (κ1) is 20.4. The summed E-state index contributed by atoms with van der Waals surface area (Å²) in [6.45, 7) is 6.59. The Balaban J connectivity index is 1.48. The Morgan fingerprint density at radius 1 is 1.23 bits per heavy atom. The van der Waals surface area contributed by atoms with E-state index in [-0.39, 0.29) is 11.8 Å². The van der Waals surface area contributed by atoms with Crippen molar-refractivity contribution < 1.29 is 14.3 Å². The molecule has 2 aromatic rings. The van der Waals surface area contributed by atoms with Gasteiger partial charge in [0.2, 0.25) is 11.8 Å². The van der Waals surface area contributed by atoms with Crippen LogP contribution in [0.15, 0.2) is 30.9 Å². The quantitative estimate of drug-likeness (QED) is 0.770. The van der Waals surface area contributed by atoms with Crippen LogP contribution in [0, 0.1) is 6.92 Å². The summed E-state index contributed by atoms with van der Waals surface area (Å²) in [6.07, 6.45) is 6.03. The number of carbonyl (C=O) groups is 2. The minimum atomic E-state index is -0.564. The van der Waals surface area contributed by atoms with Crippen LogP contribution in [0.5, 0.6) is 5.75 Å². The van der Waals surface area contributed by atoms with E-state index in [0.717, 1.165) is 36.3 Å². The predicted octanol–water partition coefficient (Wildman–Crippen LogP) is 2.17. The molecule has 8 heteroatoms. The third-order valence-corrected chi connectivity index (χ3v) is 5.96. The van der Waals surface area contributed by atoms with Gasteiger partial charge >= 0.3 is 0 Å². The molecule has 2 aliphatic rings. The van der Waals surface area contributed by atoms with Crippen molar-refractivity contribution in [3.63, 3.8) is 0 Å². The fourth-order valence-electron chi connectivity index (χ4n) is 4.45. The van der Waals surface area contributed by atoms with E-state index < -0.39 is 5.60 Å². The van der Waals surface area contributed by atoms with Gasteiger partial charge in [-0.1, -0.05) is 17.7 Å². The summed E-state index contributed by atoms with van der Waals surface area (Å²) in [4.78, 5) is 32.9. The van der Waals surface area contributed by atoms with Gasteiger partial charge in [-0.15, -0.1) is 0 Å². The van der Waals surface area contributed by atoms with Gasteiger partial charge in [-0.2, -0.15) is 5.10 Å². The van der Waals surface area contributed by atoms with Crippen molar-refractivity contribution in [3.8, 4) is 5.75 Å². The molecule has 160 valence electrons. The highest BCUT2D eigenvalue weighted by Crippen LogP contribution is 2.35. The van der Waals surface area contributed by atoms with Crippen LogP contribution in [0.25, 0.3) is 0 Å². The zero-order valence-electron chi connectivity index (χ0n) is 17.7. The van der Waals surface area contributed by atoms with Crippen LogP contribution in [0.3, 0.4) is 0 Å². The molecule has 0 radical (unpaired) electrons. The Morgan fingerprint density at radius 2 is 2.07 bits per heavy atom. The van der Waals surface area contributed by atoms with Crippen LogP contribution in [0.4, 0.5) is 0 Å². The summed E-state index contributed by atoms with van der Waals surface area (Å²) in [5, 5.41) is 4.08. The number of hydrogen-bond acceptors (Lipinski definition) is 5. The number of aryl methyl sites for hydroxylation is 2. The summed E-state index contributed by atoms with van der Waals surface area (Å²) in [5.41, 5.74) is 1.61. The molecule has 2 aliphatic heterocycles. The Bertz CT molecular complexity index is 914. The number of ether oxygens (including phenoxy) is 1. The lowest BCUT2D eigenvalue weighted by atomic mass is 9.91. The molecule has 1 aromatic carbocycles. The van der Waals surface area contributed by atoms with Crippen LogP contribution < -0.4 is 4.74 Å². The first-order valence-corrected chi connectivity index (χ1v) is 10.6. The van der Waals surface area contributed by atoms with E-state index >= 15 is 0 Å². The van der Waals surface area contributed by atoms with E-state index in [9.17, 15) is 9.59 Å². The van der Waals surface area contributed by atoms with Crippen LogP contribution in [0.1, 0.15) is 43.7 Å². The van der Waals surface area contributed by atoms with Crippen molar-refractivity contribution in [2.45, 2.75) is 58.2 Å². The number of piperidine rings is 1. The lowest BCUT2D eigenvalue weighted by molar-refractivity contribution is -0.140. The first-order valence-electron chi connectivity index (χ1n) is 10.6. The number of hydrogen-bond donors (Lipinski definition) is 0. The Morgan fingerprint density at radius 3 is 2.83 bits per heavy atom. The average molecular weight is 412 g/mol. The standard InChI is InChI=1S/C22H29N5O3/c1-17-6-7-20-19(11-17)12-26(18(2)28)14-22(30-20)8-4-9-25(13-22)21(29)5-3-10-27-16-23-15-24-27/h6-7,11,15-16H,3-5,8-10,12-14H2,1-2H3. The number of carbonyl (C=O) groups excluding carboxylic acids is 2. The molecule has 4 rings (SSSR count). The predicted molar refractivity (Wildman–Crippen MR) is 111 cm³/mol. The van der Waals surface area contributed by atoms with Crippen molar-refractivity contribution >= 4 is 11.8 Å². The molecule has 1 fully saturated rings. The second-order valence-electron chi connectivity index (χ2n) is 8.45. The molecule has 0 aliphatic carbocycles. The largest absolute Gasteiger partial charge is 0.483 e. The molecule has 0 bridgehead atoms. The normalized spacial score (nSPS) is 21.1. The summed E-state index contributed by atoms with van der Waals surface area (Å²) in [7, 11) is 0. The SMILES string of the molecule is CC(=O)N1Cc2cc(C)ccc2OC2(CCCN(C(=O)CCCn3cncn3)C2)C1. The Hall–Kier alpha value is -2.90. The topological polar surface area (TPSA) is 80.6 Å². The summed E-state index contributed by atoms with van der Waals surface area (Å²) in [5.74, 6) is 0.981. The van der Waals surface area contributed by atoms with Gasteiger partial charge < -0.3 is 14.5 Å². The van der Waals surface area contributed by atoms with Crippen LogP contribution in [-0.2, 0) is 22.7 Å². The summed E-state index contributed by atoms with van der Waals surface area (Å²) < 4.78 is 8.29. The summed E-state index contributed by atoms with van der Waals surface area (Å²) >= 11 is 0. The van der Waals surface area contributed by atoms with Gasteiger partial charge in [0.15, 0.2) is 0 Å². The second-order valence-corrected chi connectivity index (χ2v) is 8.45. The number of aromatic nitrogens is 3. The van der Waals surface area contributed by atoms with Gasteiger partial charge in [-0.3, -0.25) is 14.3 Å². The maximum absolute atomic E-state index is 12.9. The Kier molecular flexibility index (Phi) is 5.74. The van der Waals surface area contributed by atoms with Crippen LogP contribution in [-0.4, -0.2) is 61.6 Å². The lowest BCUT2D eigenvalue weighted by Gasteiger charge is -2.43. The second kappa shape index (κ2) is 8.45. The molecule has 1 saturated heterocycles. The number of rotatable bonds is 4. The van der Waals surface area contributed by atoms with E-state index in [1.165, 1.54) is 6.33 Å². The number of nitrogens with zero attached hydrogens (tertiary/aromatic N) is 5. The van der Waals surface area contributed by atoms with E-state index in [1.807, 2.05) is 28.9 Å². The highest BCUT2D eigenvalue weighted by Gasteiger charge is 2.43. The minimum Gasteiger partial charge on any atom is -0.483 e. The van der Waals surface area contributed by atoms with Crippen molar-refractivity contribution in [3.05, 3.63) is 42.0 Å². The first-order chi connectivity index (χ1) is 14.4. The number of likely N-dealkylation sites (tertiary alicyclic amines) is 1. The number of benzene rings is 1. The van der Waals surface area contributed by atoms with Crippen molar-refractivity contribution in [2.75, 3.05) is 19.6 Å². The van der Waals surface area contributed by atoms with Crippen LogP contribution in [0.2, 0.25) is 0 Å². The van der Waals surface area contributed by atoms with E-state index in [0.29, 0.717) is 39.0 Å². The molecule has 1 spiro atoms. The molecule has 8 nitrogen and oxygen atoms in total. The monoisotopic (exact) mass is 411 g/mol. The summed E-state index contributed by atoms with van der Waals surface area (Å²) in [6, 6.07) is 6.11. The average Bonchev–Trinajstić information content (AvgIpc) is 3.17. The molecule has 1 unspecified atom stereocenters. The highest BCUT2D eigenvalue weighted by molar-refractivity contribution is 5.76. The van der Waals surface area contributed by atoms with E-state index in [4.69, 9.17) is 4.74 Å². The van der Waals surface area contributed by atoms with Gasteiger partial charge in [-0.25, -0.2) is 4.98 Å². The number of fused-ring (bicyclic) bond motifs is 1. The third-order valence-electron chi connectivity index (χ3n) is 5.96. The van der Waals surface area contributed by atoms with E-state index in [2.05, 4.69) is 16.1 Å². The lowest BCUT2D eigenvalue weighted by Crippen LogP contribution is -2.58. The van der Waals surface area contributed by atoms with Gasteiger partial charge in [0.1, 0.15) is 24.0 Å². The molecular formula is C22H29N5O3. The number of amides is 2. The van der Waals surface area contributed by atoms with Crippen molar-refractivity contribution in [2.24, 2.45) is 0 Å². The molecule has 1 aromatic heterocycles.